The molecule has 1 fully saturated rings. The third kappa shape index (κ3) is 4.59. The van der Waals surface area contributed by atoms with Crippen molar-refractivity contribution in [3.63, 3.8) is 0 Å². The van der Waals surface area contributed by atoms with Gasteiger partial charge >= 0.3 is 0 Å². The molecule has 2 atom stereocenters. The van der Waals surface area contributed by atoms with E-state index in [4.69, 9.17) is 0 Å². The summed E-state index contributed by atoms with van der Waals surface area (Å²) in [6.07, 6.45) is -1.65. The van der Waals surface area contributed by atoms with Crippen LogP contribution in [-0.2, 0) is 21.4 Å². The zero-order chi connectivity index (χ0) is 20.5. The first-order valence-corrected chi connectivity index (χ1v) is 10.9. The number of halogens is 3. The second kappa shape index (κ2) is 8.26. The summed E-state index contributed by atoms with van der Waals surface area (Å²) >= 11 is 3.17. The fourth-order valence-electron chi connectivity index (χ4n) is 3.13. The number of alkyl halides is 1. The van der Waals surface area contributed by atoms with Gasteiger partial charge in [0.25, 0.3) is 0 Å². The van der Waals surface area contributed by atoms with Crippen LogP contribution in [0.4, 0.5) is 8.78 Å². The minimum absolute atomic E-state index is 0.00106. The second-order valence-corrected chi connectivity index (χ2v) is 9.54. The van der Waals surface area contributed by atoms with Gasteiger partial charge in [0.05, 0.1) is 4.90 Å². The van der Waals surface area contributed by atoms with Crippen LogP contribution in [0.3, 0.4) is 0 Å². The summed E-state index contributed by atoms with van der Waals surface area (Å²) in [6.45, 7) is 1.45. The van der Waals surface area contributed by atoms with Crippen LogP contribution in [0, 0.1) is 12.7 Å². The van der Waals surface area contributed by atoms with E-state index in [1.54, 1.807) is 18.2 Å². The van der Waals surface area contributed by atoms with E-state index in [-0.39, 0.29) is 24.4 Å². The third-order valence-electron chi connectivity index (χ3n) is 4.52. The molecule has 1 saturated heterocycles. The largest absolute Gasteiger partial charge is 0.351 e. The van der Waals surface area contributed by atoms with Gasteiger partial charge in [-0.25, -0.2) is 17.2 Å². The predicted molar refractivity (Wildman–Crippen MR) is 104 cm³/mol. The molecule has 1 heterocycles. The Kier molecular flexibility index (Phi) is 6.16. The van der Waals surface area contributed by atoms with E-state index in [0.29, 0.717) is 10.0 Å². The van der Waals surface area contributed by atoms with Crippen molar-refractivity contribution in [2.45, 2.75) is 37.0 Å². The molecule has 0 aliphatic carbocycles. The molecule has 0 radical (unpaired) electrons. The quantitative estimate of drug-likeness (QED) is 0.725. The summed E-state index contributed by atoms with van der Waals surface area (Å²) in [5, 5.41) is 2.58. The molecule has 2 unspecified atom stereocenters. The standard InChI is InChI=1S/C19H19BrF2N2O3S/c1-12-2-4-17(5-3-12)28(26,27)24-11-16(22)9-18(24)19(25)23-10-13-6-14(20)8-15(21)7-13/h2-8,16,18H,9-11H2,1H3,(H,23,25). The number of aryl methyl sites for hydroxylation is 1. The molecular formula is C19H19BrF2N2O3S. The number of rotatable bonds is 5. The van der Waals surface area contributed by atoms with E-state index in [0.717, 1.165) is 9.87 Å². The number of carbonyl (C=O) groups is 1. The summed E-state index contributed by atoms with van der Waals surface area (Å²) < 4.78 is 54.7. The fraction of sp³-hybridized carbons (Fsp3) is 0.316. The van der Waals surface area contributed by atoms with E-state index in [9.17, 15) is 22.0 Å². The highest BCUT2D eigenvalue weighted by Gasteiger charge is 2.44. The lowest BCUT2D eigenvalue weighted by Gasteiger charge is -2.23. The van der Waals surface area contributed by atoms with Crippen LogP contribution in [0.5, 0.6) is 0 Å². The van der Waals surface area contributed by atoms with Crippen molar-refractivity contribution in [2.75, 3.05) is 6.54 Å². The Balaban J connectivity index is 1.77. The van der Waals surface area contributed by atoms with Crippen LogP contribution in [-0.4, -0.2) is 37.4 Å². The van der Waals surface area contributed by atoms with Crippen LogP contribution < -0.4 is 5.32 Å². The van der Waals surface area contributed by atoms with Crippen molar-refractivity contribution >= 4 is 31.9 Å². The topological polar surface area (TPSA) is 66.5 Å². The highest BCUT2D eigenvalue weighted by molar-refractivity contribution is 9.10. The third-order valence-corrected chi connectivity index (χ3v) is 6.87. The van der Waals surface area contributed by atoms with E-state index >= 15 is 0 Å². The summed E-state index contributed by atoms with van der Waals surface area (Å²) in [5.41, 5.74) is 1.39. The van der Waals surface area contributed by atoms with Gasteiger partial charge in [0, 0.05) is 24.0 Å². The zero-order valence-corrected chi connectivity index (χ0v) is 17.4. The van der Waals surface area contributed by atoms with Crippen molar-refractivity contribution in [1.82, 2.24) is 9.62 Å². The number of sulfonamides is 1. The molecule has 0 saturated carbocycles. The molecule has 0 spiro atoms. The Bertz CT molecular complexity index is 963. The van der Waals surface area contributed by atoms with Gasteiger partial charge in [-0.1, -0.05) is 33.6 Å². The maximum atomic E-state index is 14.0. The maximum Gasteiger partial charge on any atom is 0.243 e. The molecule has 2 aromatic rings. The van der Waals surface area contributed by atoms with Crippen LogP contribution in [0.1, 0.15) is 17.5 Å². The molecule has 28 heavy (non-hydrogen) atoms. The number of hydrogen-bond acceptors (Lipinski definition) is 3. The molecule has 1 amide bonds. The molecule has 1 aliphatic rings. The SMILES string of the molecule is Cc1ccc(S(=O)(=O)N2CC(F)CC2C(=O)NCc2cc(F)cc(Br)c2)cc1. The molecule has 150 valence electrons. The number of amides is 1. The Morgan fingerprint density at radius 2 is 1.93 bits per heavy atom. The number of hydrogen-bond donors (Lipinski definition) is 1. The average molecular weight is 473 g/mol. The zero-order valence-electron chi connectivity index (χ0n) is 15.0. The highest BCUT2D eigenvalue weighted by Crippen LogP contribution is 2.28. The Hall–Kier alpha value is -1.84. The van der Waals surface area contributed by atoms with Crippen LogP contribution in [0.25, 0.3) is 0 Å². The van der Waals surface area contributed by atoms with Crippen molar-refractivity contribution < 1.29 is 22.0 Å². The minimum Gasteiger partial charge on any atom is -0.351 e. The van der Waals surface area contributed by atoms with Gasteiger partial charge in [0.15, 0.2) is 0 Å². The predicted octanol–water partition coefficient (Wildman–Crippen LogP) is 3.31. The molecule has 0 aromatic heterocycles. The Morgan fingerprint density at radius 1 is 1.25 bits per heavy atom. The molecule has 9 heteroatoms. The molecule has 5 nitrogen and oxygen atoms in total. The van der Waals surface area contributed by atoms with Gasteiger partial charge in [-0.05, 0) is 42.8 Å². The number of nitrogens with one attached hydrogen (secondary N) is 1. The first-order valence-electron chi connectivity index (χ1n) is 8.62. The van der Waals surface area contributed by atoms with Gasteiger partial charge in [-0.2, -0.15) is 4.31 Å². The Morgan fingerprint density at radius 3 is 2.57 bits per heavy atom. The smallest absolute Gasteiger partial charge is 0.243 e. The van der Waals surface area contributed by atoms with E-state index < -0.39 is 34.0 Å². The molecule has 1 aliphatic heterocycles. The molecular weight excluding hydrogens is 454 g/mol. The summed E-state index contributed by atoms with van der Waals surface area (Å²) in [6, 6.07) is 9.20. The highest BCUT2D eigenvalue weighted by atomic mass is 79.9. The average Bonchev–Trinajstić information content (AvgIpc) is 3.02. The first kappa shape index (κ1) is 20.9. The lowest BCUT2D eigenvalue weighted by molar-refractivity contribution is -0.124. The number of carbonyl (C=O) groups excluding carboxylic acids is 1. The second-order valence-electron chi connectivity index (χ2n) is 6.73. The lowest BCUT2D eigenvalue weighted by Crippen LogP contribution is -2.45. The van der Waals surface area contributed by atoms with Crippen LogP contribution in [0.15, 0.2) is 51.8 Å². The molecule has 3 rings (SSSR count). The van der Waals surface area contributed by atoms with Gasteiger partial charge < -0.3 is 5.32 Å². The van der Waals surface area contributed by atoms with Gasteiger partial charge in [0.2, 0.25) is 15.9 Å². The van der Waals surface area contributed by atoms with Crippen LogP contribution in [0.2, 0.25) is 0 Å². The number of benzene rings is 2. The van der Waals surface area contributed by atoms with E-state index in [1.165, 1.54) is 24.3 Å². The summed E-state index contributed by atoms with van der Waals surface area (Å²) in [5.74, 6) is -1.08. The van der Waals surface area contributed by atoms with Gasteiger partial charge in [-0.3, -0.25) is 4.79 Å². The molecule has 2 aromatic carbocycles. The summed E-state index contributed by atoms with van der Waals surface area (Å²) in [7, 11) is -4.01. The van der Waals surface area contributed by atoms with Gasteiger partial charge in [0.1, 0.15) is 18.0 Å². The first-order chi connectivity index (χ1) is 13.2. The molecule has 1 N–H and O–H groups in total. The van der Waals surface area contributed by atoms with Crippen LogP contribution >= 0.6 is 15.9 Å². The Labute approximate surface area is 170 Å². The molecule has 0 bridgehead atoms. The monoisotopic (exact) mass is 472 g/mol. The van der Waals surface area contributed by atoms with Crippen molar-refractivity contribution in [3.05, 3.63) is 63.9 Å². The maximum absolute atomic E-state index is 14.0. The normalized spacial score (nSPS) is 20.3. The van der Waals surface area contributed by atoms with Crippen molar-refractivity contribution in [2.24, 2.45) is 0 Å². The minimum atomic E-state index is -4.01. The van der Waals surface area contributed by atoms with Crippen molar-refractivity contribution in [1.29, 1.82) is 0 Å². The summed E-state index contributed by atoms with van der Waals surface area (Å²) in [4.78, 5) is 12.6. The fourth-order valence-corrected chi connectivity index (χ4v) is 5.26. The van der Waals surface area contributed by atoms with E-state index in [2.05, 4.69) is 21.2 Å². The van der Waals surface area contributed by atoms with E-state index in [1.807, 2.05) is 6.92 Å². The van der Waals surface area contributed by atoms with Gasteiger partial charge in [-0.15, -0.1) is 0 Å². The van der Waals surface area contributed by atoms with Crippen molar-refractivity contribution in [3.8, 4) is 0 Å². The lowest BCUT2D eigenvalue weighted by atomic mass is 10.2. The number of nitrogens with zero attached hydrogens (tertiary/aromatic N) is 1.